The van der Waals surface area contributed by atoms with Gasteiger partial charge in [0, 0.05) is 30.2 Å². The van der Waals surface area contributed by atoms with E-state index in [-0.39, 0.29) is 12.1 Å². The molecule has 2 aliphatic rings. The smallest absolute Gasteiger partial charge is 0.174 e. The van der Waals surface area contributed by atoms with Crippen LogP contribution in [0, 0.1) is 0 Å². The van der Waals surface area contributed by atoms with Crippen LogP contribution in [0.15, 0.2) is 60.9 Å². The Morgan fingerprint density at radius 3 is 2.58 bits per heavy atom. The van der Waals surface area contributed by atoms with Gasteiger partial charge in [-0.1, -0.05) is 25.3 Å². The third kappa shape index (κ3) is 4.06. The molecule has 3 aromatic rings. The number of pyridine rings is 1. The molecule has 2 fully saturated rings. The number of thiocarbonyl (C=S) groups is 1. The maximum Gasteiger partial charge on any atom is 0.174 e. The Morgan fingerprint density at radius 2 is 1.85 bits per heavy atom. The predicted molar refractivity (Wildman–Crippen MR) is 134 cm³/mol. The fourth-order valence-corrected chi connectivity index (χ4v) is 5.59. The van der Waals surface area contributed by atoms with Crippen LogP contribution in [-0.2, 0) is 0 Å². The van der Waals surface area contributed by atoms with E-state index in [9.17, 15) is 0 Å². The van der Waals surface area contributed by atoms with Crippen molar-refractivity contribution in [1.82, 2.24) is 14.9 Å². The van der Waals surface area contributed by atoms with E-state index in [1.165, 1.54) is 37.8 Å². The zero-order chi connectivity index (χ0) is 22.8. The minimum Gasteiger partial charge on any atom is -0.497 e. The number of methoxy groups -OCH3 is 2. The summed E-state index contributed by atoms with van der Waals surface area (Å²) in [6.45, 7) is 0. The molecule has 0 spiro atoms. The van der Waals surface area contributed by atoms with Crippen molar-refractivity contribution >= 4 is 23.0 Å². The largest absolute Gasteiger partial charge is 0.497 e. The number of hydrogen-bond donors (Lipinski definition) is 1. The molecule has 5 rings (SSSR count). The highest BCUT2D eigenvalue weighted by atomic mass is 32.1. The van der Waals surface area contributed by atoms with E-state index in [1.54, 1.807) is 14.2 Å². The highest BCUT2D eigenvalue weighted by Gasteiger charge is 2.43. The molecule has 33 heavy (non-hydrogen) atoms. The van der Waals surface area contributed by atoms with Gasteiger partial charge in [-0.2, -0.15) is 0 Å². The lowest BCUT2D eigenvalue weighted by Gasteiger charge is -2.33. The first kappa shape index (κ1) is 21.8. The van der Waals surface area contributed by atoms with Crippen LogP contribution in [0.4, 0.5) is 5.69 Å². The zero-order valence-electron chi connectivity index (χ0n) is 19.1. The Balaban J connectivity index is 1.65. The first-order valence-corrected chi connectivity index (χ1v) is 12.0. The molecule has 7 heteroatoms. The third-order valence-electron chi connectivity index (χ3n) is 6.83. The molecule has 0 unspecified atom stereocenters. The summed E-state index contributed by atoms with van der Waals surface area (Å²) in [6, 6.07) is 16.6. The maximum absolute atomic E-state index is 5.92. The van der Waals surface area contributed by atoms with Crippen LogP contribution in [-0.4, -0.2) is 28.9 Å². The molecule has 1 saturated heterocycles. The maximum atomic E-state index is 5.92. The molecular formula is C26H30N4O2S. The molecular weight excluding hydrogens is 432 g/mol. The number of ether oxygens (including phenoxy) is 2. The summed E-state index contributed by atoms with van der Waals surface area (Å²) < 4.78 is 13.8. The van der Waals surface area contributed by atoms with Crippen molar-refractivity contribution in [2.75, 3.05) is 19.1 Å². The molecule has 1 aliphatic heterocycles. The summed E-state index contributed by atoms with van der Waals surface area (Å²) in [5, 5.41) is 4.21. The van der Waals surface area contributed by atoms with Gasteiger partial charge >= 0.3 is 0 Å². The Hall–Kier alpha value is -3.06. The number of nitrogens with zero attached hydrogens (tertiary/aromatic N) is 3. The average molecular weight is 463 g/mol. The van der Waals surface area contributed by atoms with Crippen LogP contribution >= 0.6 is 12.2 Å². The van der Waals surface area contributed by atoms with Crippen molar-refractivity contribution in [1.29, 1.82) is 0 Å². The van der Waals surface area contributed by atoms with E-state index >= 15 is 0 Å². The number of nitrogens with one attached hydrogen (secondary N) is 1. The van der Waals surface area contributed by atoms with E-state index < -0.39 is 0 Å². The average Bonchev–Trinajstić information content (AvgIpc) is 3.49. The summed E-state index contributed by atoms with van der Waals surface area (Å²) in [4.78, 5) is 6.86. The molecule has 0 amide bonds. The van der Waals surface area contributed by atoms with Gasteiger partial charge in [-0.3, -0.25) is 4.98 Å². The molecule has 172 valence electrons. The summed E-state index contributed by atoms with van der Waals surface area (Å²) >= 11 is 5.92. The van der Waals surface area contributed by atoms with E-state index in [2.05, 4.69) is 44.2 Å². The summed E-state index contributed by atoms with van der Waals surface area (Å²) in [7, 11) is 3.36. The predicted octanol–water partition coefficient (Wildman–Crippen LogP) is 5.58. The minimum absolute atomic E-state index is 0.0784. The summed E-state index contributed by atoms with van der Waals surface area (Å²) in [6.07, 6.45) is 10.4. The SMILES string of the molecule is COc1ccc(OC)c(N2C(=S)N[C@@H](c3ccccn3)[C@H]2c2cccn2C2CCCCC2)c1. The third-order valence-corrected chi connectivity index (χ3v) is 7.14. The van der Waals surface area contributed by atoms with Gasteiger partial charge in [-0.15, -0.1) is 0 Å². The lowest BCUT2D eigenvalue weighted by molar-refractivity contribution is 0.339. The van der Waals surface area contributed by atoms with Crippen LogP contribution < -0.4 is 19.7 Å². The second-order valence-electron chi connectivity index (χ2n) is 8.67. The van der Waals surface area contributed by atoms with Crippen molar-refractivity contribution < 1.29 is 9.47 Å². The Kier molecular flexibility index (Phi) is 6.22. The normalized spacial score (nSPS) is 21.2. The zero-order valence-corrected chi connectivity index (χ0v) is 19.9. The fraction of sp³-hybridized carbons (Fsp3) is 0.385. The first-order valence-electron chi connectivity index (χ1n) is 11.6. The van der Waals surface area contributed by atoms with Gasteiger partial charge in [0.2, 0.25) is 0 Å². The lowest BCUT2D eigenvalue weighted by atomic mass is 9.94. The van der Waals surface area contributed by atoms with Gasteiger partial charge in [-0.25, -0.2) is 0 Å². The van der Waals surface area contributed by atoms with Crippen molar-refractivity contribution in [2.24, 2.45) is 0 Å². The minimum atomic E-state index is -0.0909. The van der Waals surface area contributed by atoms with Gasteiger partial charge in [0.15, 0.2) is 5.11 Å². The second kappa shape index (κ2) is 9.43. The first-order chi connectivity index (χ1) is 16.2. The van der Waals surface area contributed by atoms with E-state index in [4.69, 9.17) is 21.7 Å². The number of aromatic nitrogens is 2. The number of hydrogen-bond acceptors (Lipinski definition) is 4. The molecule has 1 saturated carbocycles. The summed E-state index contributed by atoms with van der Waals surface area (Å²) in [5.74, 6) is 1.51. The molecule has 1 aromatic carbocycles. The van der Waals surface area contributed by atoms with E-state index in [1.807, 2.05) is 36.5 Å². The number of anilines is 1. The van der Waals surface area contributed by atoms with Crippen LogP contribution in [0.3, 0.4) is 0 Å². The van der Waals surface area contributed by atoms with Gasteiger partial charge < -0.3 is 24.3 Å². The lowest BCUT2D eigenvalue weighted by Crippen LogP contribution is -2.31. The van der Waals surface area contributed by atoms with Crippen molar-refractivity contribution in [3.63, 3.8) is 0 Å². The van der Waals surface area contributed by atoms with Crippen LogP contribution in [0.1, 0.15) is 61.6 Å². The second-order valence-corrected chi connectivity index (χ2v) is 9.05. The molecule has 2 atom stereocenters. The highest BCUT2D eigenvalue weighted by molar-refractivity contribution is 7.80. The molecule has 1 N–H and O–H groups in total. The van der Waals surface area contributed by atoms with Crippen molar-refractivity contribution in [3.8, 4) is 11.5 Å². The Labute approximate surface area is 200 Å². The van der Waals surface area contributed by atoms with Gasteiger partial charge in [0.1, 0.15) is 17.5 Å². The van der Waals surface area contributed by atoms with E-state index in [0.717, 1.165) is 22.9 Å². The highest BCUT2D eigenvalue weighted by Crippen LogP contribution is 2.46. The van der Waals surface area contributed by atoms with Crippen LogP contribution in [0.25, 0.3) is 0 Å². The molecule has 1 aliphatic carbocycles. The van der Waals surface area contributed by atoms with Crippen LogP contribution in [0.5, 0.6) is 11.5 Å². The van der Waals surface area contributed by atoms with Gasteiger partial charge in [0.05, 0.1) is 31.6 Å². The molecule has 2 aromatic heterocycles. The number of benzene rings is 1. The van der Waals surface area contributed by atoms with E-state index in [0.29, 0.717) is 11.2 Å². The van der Waals surface area contributed by atoms with Gasteiger partial charge in [-0.05, 0) is 61.5 Å². The molecule has 6 nitrogen and oxygen atoms in total. The van der Waals surface area contributed by atoms with Crippen molar-refractivity contribution in [3.05, 3.63) is 72.3 Å². The summed E-state index contributed by atoms with van der Waals surface area (Å²) in [5.41, 5.74) is 3.08. The quantitative estimate of drug-likeness (QED) is 0.483. The van der Waals surface area contributed by atoms with Crippen molar-refractivity contribution in [2.45, 2.75) is 50.2 Å². The standard InChI is InChI=1S/C26H30N4O2S/c1-31-19-13-14-23(32-2)22(17-19)30-25(24(28-26(30)33)20-11-6-7-15-27-20)21-12-8-16-29(21)18-9-4-3-5-10-18/h6-8,11-18,24-25H,3-5,9-10H2,1-2H3,(H,28,33)/t24-,25+/m0/s1. The topological polar surface area (TPSA) is 51.6 Å². The monoisotopic (exact) mass is 462 g/mol. The Bertz CT molecular complexity index is 1110. The molecule has 3 heterocycles. The number of rotatable bonds is 6. The molecule has 0 radical (unpaired) electrons. The van der Waals surface area contributed by atoms with Gasteiger partial charge in [0.25, 0.3) is 0 Å². The Morgan fingerprint density at radius 1 is 1.00 bits per heavy atom. The molecule has 0 bridgehead atoms. The van der Waals surface area contributed by atoms with Crippen LogP contribution in [0.2, 0.25) is 0 Å². The fourth-order valence-electron chi connectivity index (χ4n) is 5.25.